The fourth-order valence-corrected chi connectivity index (χ4v) is 3.25. The molecule has 0 aliphatic heterocycles. The first-order valence-corrected chi connectivity index (χ1v) is 8.04. The normalized spacial score (nSPS) is 12.0. The van der Waals surface area contributed by atoms with E-state index >= 15 is 0 Å². The number of aryl methyl sites for hydroxylation is 1. The molecule has 1 amide bonds. The summed E-state index contributed by atoms with van der Waals surface area (Å²) in [5.74, 6) is 0.354. The molecule has 2 N–H and O–H groups in total. The van der Waals surface area contributed by atoms with Gasteiger partial charge < -0.3 is 15.2 Å². The van der Waals surface area contributed by atoms with Gasteiger partial charge in [-0.3, -0.25) is 4.79 Å². The molecule has 0 unspecified atom stereocenters. The lowest BCUT2D eigenvalue weighted by atomic mass is 10.1. The molecule has 0 radical (unpaired) electrons. The highest BCUT2D eigenvalue weighted by molar-refractivity contribution is 9.10. The Morgan fingerprint density at radius 3 is 2.86 bits per heavy atom. The maximum absolute atomic E-state index is 12.2. The van der Waals surface area contributed by atoms with Crippen LogP contribution >= 0.6 is 27.3 Å². The Labute approximate surface area is 135 Å². The van der Waals surface area contributed by atoms with Gasteiger partial charge in [0.05, 0.1) is 12.7 Å². The quantitative estimate of drug-likeness (QED) is 0.849. The van der Waals surface area contributed by atoms with Gasteiger partial charge in [0.1, 0.15) is 11.9 Å². The molecule has 6 heteroatoms. The Hall–Kier alpha value is -1.37. The number of halogens is 1. The minimum atomic E-state index is -0.696. The smallest absolute Gasteiger partial charge is 0.252 e. The van der Waals surface area contributed by atoms with Gasteiger partial charge in [0.15, 0.2) is 0 Å². The van der Waals surface area contributed by atoms with E-state index in [0.717, 1.165) is 10.4 Å². The number of carbonyl (C=O) groups is 1. The average molecular weight is 370 g/mol. The molecule has 4 nitrogen and oxygen atoms in total. The molecular weight excluding hydrogens is 354 g/mol. The molecule has 0 saturated carbocycles. The van der Waals surface area contributed by atoms with Gasteiger partial charge in [-0.25, -0.2) is 0 Å². The number of hydrogen-bond acceptors (Lipinski definition) is 4. The van der Waals surface area contributed by atoms with Crippen LogP contribution in [-0.2, 0) is 0 Å². The Kier molecular flexibility index (Phi) is 5.39. The van der Waals surface area contributed by atoms with Gasteiger partial charge in [-0.1, -0.05) is 0 Å². The lowest BCUT2D eigenvalue weighted by Gasteiger charge is -2.13. The molecule has 1 atom stereocenters. The van der Waals surface area contributed by atoms with Crippen molar-refractivity contribution in [2.45, 2.75) is 13.0 Å². The molecular formula is C15H16BrNO3S. The number of methoxy groups -OCH3 is 1. The lowest BCUT2D eigenvalue weighted by Crippen LogP contribution is -2.28. The van der Waals surface area contributed by atoms with Crippen molar-refractivity contribution in [2.24, 2.45) is 0 Å². The summed E-state index contributed by atoms with van der Waals surface area (Å²) in [5, 5.41) is 14.8. The monoisotopic (exact) mass is 369 g/mol. The number of nitrogens with one attached hydrogen (secondary N) is 1. The number of rotatable bonds is 5. The number of aliphatic hydroxyl groups is 1. The third-order valence-electron chi connectivity index (χ3n) is 3.08. The molecule has 2 rings (SSSR count). The van der Waals surface area contributed by atoms with E-state index in [0.29, 0.717) is 15.8 Å². The van der Waals surface area contributed by atoms with Crippen LogP contribution < -0.4 is 10.1 Å². The number of thiophene rings is 1. The highest BCUT2D eigenvalue weighted by Gasteiger charge is 2.16. The van der Waals surface area contributed by atoms with Gasteiger partial charge in [-0.2, -0.15) is 0 Å². The molecule has 0 spiro atoms. The van der Waals surface area contributed by atoms with Crippen LogP contribution in [0, 0.1) is 6.92 Å². The van der Waals surface area contributed by atoms with Gasteiger partial charge in [0.25, 0.3) is 5.91 Å². The fraction of sp³-hybridized carbons (Fsp3) is 0.267. The molecule has 1 aromatic heterocycles. The van der Waals surface area contributed by atoms with Crippen LogP contribution in [0.3, 0.4) is 0 Å². The van der Waals surface area contributed by atoms with Gasteiger partial charge >= 0.3 is 0 Å². The number of benzene rings is 1. The van der Waals surface area contributed by atoms with Crippen LogP contribution in [0.25, 0.3) is 0 Å². The summed E-state index contributed by atoms with van der Waals surface area (Å²) < 4.78 is 5.79. The van der Waals surface area contributed by atoms with Crippen molar-refractivity contribution in [1.29, 1.82) is 0 Å². The van der Waals surface area contributed by atoms with Gasteiger partial charge in [-0.05, 0) is 58.1 Å². The zero-order valence-electron chi connectivity index (χ0n) is 11.7. The van der Waals surface area contributed by atoms with E-state index in [2.05, 4.69) is 21.2 Å². The summed E-state index contributed by atoms with van der Waals surface area (Å²) in [6.07, 6.45) is -0.696. The molecule has 0 aliphatic rings. The minimum Gasteiger partial charge on any atom is -0.497 e. The molecule has 1 heterocycles. The highest BCUT2D eigenvalue weighted by Crippen LogP contribution is 2.24. The first-order valence-electron chi connectivity index (χ1n) is 6.36. The molecule has 1 aromatic carbocycles. The van der Waals surface area contributed by atoms with Crippen LogP contribution in [0.4, 0.5) is 0 Å². The number of carbonyl (C=O) groups excluding carboxylic acids is 1. The predicted octanol–water partition coefficient (Wildman–Crippen LogP) is 3.29. The number of hydrogen-bond donors (Lipinski definition) is 2. The van der Waals surface area contributed by atoms with Crippen LogP contribution in [-0.4, -0.2) is 24.7 Å². The van der Waals surface area contributed by atoms with Crippen molar-refractivity contribution >= 4 is 33.2 Å². The van der Waals surface area contributed by atoms with E-state index < -0.39 is 6.10 Å². The second kappa shape index (κ2) is 7.06. The van der Waals surface area contributed by atoms with Crippen molar-refractivity contribution in [2.75, 3.05) is 13.7 Å². The fourth-order valence-electron chi connectivity index (χ4n) is 1.91. The SMILES string of the molecule is COc1ccc(Br)c(C(=O)NC[C@H](O)c2sccc2C)c1. The van der Waals surface area contributed by atoms with Gasteiger partial charge in [-0.15, -0.1) is 11.3 Å². The highest BCUT2D eigenvalue weighted by atomic mass is 79.9. The number of amides is 1. The lowest BCUT2D eigenvalue weighted by molar-refractivity contribution is 0.0916. The van der Waals surface area contributed by atoms with E-state index in [1.54, 1.807) is 25.3 Å². The van der Waals surface area contributed by atoms with Crippen LogP contribution in [0.15, 0.2) is 34.1 Å². The van der Waals surface area contributed by atoms with Crippen LogP contribution in [0.1, 0.15) is 26.9 Å². The topological polar surface area (TPSA) is 58.6 Å². The van der Waals surface area contributed by atoms with Crippen LogP contribution in [0.5, 0.6) is 5.75 Å². The summed E-state index contributed by atoms with van der Waals surface area (Å²) in [6.45, 7) is 2.11. The number of aliphatic hydroxyl groups excluding tert-OH is 1. The second-order valence-corrected chi connectivity index (χ2v) is 6.34. The summed E-state index contributed by atoms with van der Waals surface area (Å²) in [6, 6.07) is 7.13. The van der Waals surface area contributed by atoms with Crippen molar-refractivity contribution < 1.29 is 14.6 Å². The molecule has 0 saturated heterocycles. The molecule has 21 heavy (non-hydrogen) atoms. The average Bonchev–Trinajstić information content (AvgIpc) is 2.91. The zero-order valence-corrected chi connectivity index (χ0v) is 14.1. The van der Waals surface area contributed by atoms with Gasteiger partial charge in [0, 0.05) is 15.9 Å². The maximum Gasteiger partial charge on any atom is 0.252 e. The first kappa shape index (κ1) is 16.0. The first-order chi connectivity index (χ1) is 10.0. The largest absolute Gasteiger partial charge is 0.497 e. The Morgan fingerprint density at radius 1 is 1.48 bits per heavy atom. The standard InChI is InChI=1S/C15H16BrNO3S/c1-9-5-6-21-14(9)13(18)8-17-15(19)11-7-10(20-2)3-4-12(11)16/h3-7,13,18H,8H2,1-2H3,(H,17,19)/t13-/m0/s1. The third-order valence-corrected chi connectivity index (χ3v) is 4.89. The minimum absolute atomic E-state index is 0.170. The van der Waals surface area contributed by atoms with E-state index in [1.807, 2.05) is 18.4 Å². The number of ether oxygens (including phenoxy) is 1. The summed E-state index contributed by atoms with van der Waals surface area (Å²) in [4.78, 5) is 13.1. The molecule has 0 aliphatic carbocycles. The Morgan fingerprint density at radius 2 is 2.24 bits per heavy atom. The maximum atomic E-state index is 12.2. The van der Waals surface area contributed by atoms with E-state index in [1.165, 1.54) is 11.3 Å². The Bertz CT molecular complexity index is 642. The van der Waals surface area contributed by atoms with Crippen molar-refractivity contribution in [3.63, 3.8) is 0 Å². The Balaban J connectivity index is 2.03. The molecule has 2 aromatic rings. The predicted molar refractivity (Wildman–Crippen MR) is 87.0 cm³/mol. The second-order valence-electron chi connectivity index (χ2n) is 4.54. The van der Waals surface area contributed by atoms with E-state index in [-0.39, 0.29) is 12.5 Å². The zero-order chi connectivity index (χ0) is 15.4. The summed E-state index contributed by atoms with van der Waals surface area (Å²) >= 11 is 4.82. The van der Waals surface area contributed by atoms with E-state index in [4.69, 9.17) is 4.74 Å². The molecule has 112 valence electrons. The van der Waals surface area contributed by atoms with Crippen molar-refractivity contribution in [3.05, 3.63) is 50.1 Å². The van der Waals surface area contributed by atoms with E-state index in [9.17, 15) is 9.90 Å². The molecule has 0 fully saturated rings. The van der Waals surface area contributed by atoms with Crippen molar-refractivity contribution in [1.82, 2.24) is 5.32 Å². The van der Waals surface area contributed by atoms with Gasteiger partial charge in [0.2, 0.25) is 0 Å². The summed E-state index contributed by atoms with van der Waals surface area (Å²) in [5.41, 5.74) is 1.51. The van der Waals surface area contributed by atoms with Crippen LogP contribution in [0.2, 0.25) is 0 Å². The molecule has 0 bridgehead atoms. The van der Waals surface area contributed by atoms with Crippen molar-refractivity contribution in [3.8, 4) is 5.75 Å². The summed E-state index contributed by atoms with van der Waals surface area (Å²) in [7, 11) is 1.55. The third kappa shape index (κ3) is 3.84.